The number of tetrazole rings is 1. The number of aromatic nitrogens is 5. The van der Waals surface area contributed by atoms with Crippen LogP contribution in [0.4, 0.5) is 5.13 Å². The van der Waals surface area contributed by atoms with Crippen LogP contribution in [0.15, 0.2) is 27.0 Å². The Morgan fingerprint density at radius 2 is 2.18 bits per heavy atom. The van der Waals surface area contributed by atoms with E-state index in [4.69, 9.17) is 15.1 Å². The number of β-lactam (4-membered cyclic amide) rings is 1. The second-order valence-corrected chi connectivity index (χ2v) is 11.8. The monoisotopic (exact) mass is 620 g/mol. The number of hydrogen-bond acceptors (Lipinski definition) is 15. The molecule has 0 radical (unpaired) electrons. The van der Waals surface area contributed by atoms with E-state index in [1.54, 1.807) is 0 Å². The van der Waals surface area contributed by atoms with E-state index in [1.165, 1.54) is 28.9 Å². The van der Waals surface area contributed by atoms with Crippen molar-refractivity contribution in [2.24, 2.45) is 5.16 Å². The molecule has 0 aliphatic carbocycles. The summed E-state index contributed by atoms with van der Waals surface area (Å²) in [7, 11) is -3.13. The van der Waals surface area contributed by atoms with Gasteiger partial charge in [-0.1, -0.05) is 16.9 Å². The zero-order valence-electron chi connectivity index (χ0n) is 19.7. The lowest BCUT2D eigenvalue weighted by molar-refractivity contribution is -0.150. The molecular formula is C17H20N10O8S4. The first-order valence-electron chi connectivity index (χ1n) is 10.6. The fraction of sp³-hybridized carbons (Fsp3) is 0.412. The molecule has 4 rings (SSSR count). The van der Waals surface area contributed by atoms with Gasteiger partial charge in [-0.2, -0.15) is 13.1 Å². The SMILES string of the molecule is CO/N=C(\C(=O)NC1C(=O)N2C(C(=O)O)=C(CSc3nnnn3CCNS(=O)(=O)O)CSC12)c1csc(N)n1. The predicted molar refractivity (Wildman–Crippen MR) is 138 cm³/mol. The molecule has 6 N–H and O–H groups in total. The standard InChI is InChI=1S/C17H20N10O8S4/c1-35-23-9(8-6-37-16(18)20-8)12(28)21-10-13(29)27-11(15(30)31)7(4-36-14(10)27)5-38-17-22-24-25-26(17)3-2-19-39(32,33)34/h6,10,14,19H,2-5H2,1H3,(H2,18,20)(H,21,28)(H,30,31)(H,32,33,34)/b23-9-. The highest BCUT2D eigenvalue weighted by molar-refractivity contribution is 8.01. The Balaban J connectivity index is 1.44. The molecule has 2 unspecified atom stereocenters. The maximum atomic E-state index is 13.0. The van der Waals surface area contributed by atoms with Crippen LogP contribution in [0.5, 0.6) is 0 Å². The summed E-state index contributed by atoms with van der Waals surface area (Å²) in [6.07, 6.45) is 0. The molecule has 0 bridgehead atoms. The number of nitrogens with two attached hydrogens (primary N) is 1. The Morgan fingerprint density at radius 1 is 1.41 bits per heavy atom. The summed E-state index contributed by atoms with van der Waals surface area (Å²) in [5, 5.41) is 28.6. The van der Waals surface area contributed by atoms with Gasteiger partial charge in [0.1, 0.15) is 29.9 Å². The average Bonchev–Trinajstić information content (AvgIpc) is 3.51. The molecule has 2 aliphatic rings. The maximum Gasteiger partial charge on any atom is 0.352 e. The third-order valence-electron chi connectivity index (χ3n) is 5.18. The van der Waals surface area contributed by atoms with Crippen LogP contribution in [0.25, 0.3) is 0 Å². The van der Waals surface area contributed by atoms with Crippen LogP contribution in [0, 0.1) is 0 Å². The van der Waals surface area contributed by atoms with Crippen LogP contribution in [-0.2, 0) is 36.1 Å². The van der Waals surface area contributed by atoms with E-state index in [0.29, 0.717) is 5.57 Å². The number of fused-ring (bicyclic) bond motifs is 1. The number of aliphatic carboxylic acids is 1. The molecule has 0 saturated carbocycles. The lowest BCUT2D eigenvalue weighted by atomic mass is 10.0. The fourth-order valence-electron chi connectivity index (χ4n) is 3.57. The predicted octanol–water partition coefficient (Wildman–Crippen LogP) is -2.01. The Bertz CT molecular complexity index is 1450. The summed E-state index contributed by atoms with van der Waals surface area (Å²) >= 11 is 3.45. The van der Waals surface area contributed by atoms with Crippen molar-refractivity contribution >= 4 is 73.8 Å². The molecule has 1 fully saturated rings. The number of anilines is 1. The third-order valence-corrected chi connectivity index (χ3v) is 8.81. The van der Waals surface area contributed by atoms with E-state index < -0.39 is 39.5 Å². The van der Waals surface area contributed by atoms with Crippen LogP contribution in [0.3, 0.4) is 0 Å². The summed E-state index contributed by atoms with van der Waals surface area (Å²) in [4.78, 5) is 47.8. The summed E-state index contributed by atoms with van der Waals surface area (Å²) in [6, 6.07) is -1.01. The Morgan fingerprint density at radius 3 is 2.82 bits per heavy atom. The number of nitrogens with zero attached hydrogens (tertiary/aromatic N) is 7. The highest BCUT2D eigenvalue weighted by atomic mass is 32.2. The normalized spacial score (nSPS) is 19.5. The van der Waals surface area contributed by atoms with Gasteiger partial charge in [0.2, 0.25) is 5.16 Å². The zero-order valence-corrected chi connectivity index (χ0v) is 23.0. The number of oxime groups is 1. The summed E-state index contributed by atoms with van der Waals surface area (Å²) in [5.41, 5.74) is 5.83. The number of thioether (sulfide) groups is 2. The van der Waals surface area contributed by atoms with Crippen molar-refractivity contribution in [3.05, 3.63) is 22.3 Å². The number of rotatable bonds is 12. The fourth-order valence-corrected chi connectivity index (χ4v) is 6.85. The second kappa shape index (κ2) is 11.8. The minimum absolute atomic E-state index is 0.00459. The molecule has 2 aromatic rings. The first-order valence-corrected chi connectivity index (χ1v) is 15.0. The number of thiazole rings is 1. The van der Waals surface area contributed by atoms with Gasteiger partial charge in [0.15, 0.2) is 10.8 Å². The number of carboxylic acids is 1. The number of hydrogen-bond donors (Lipinski definition) is 5. The van der Waals surface area contributed by atoms with E-state index >= 15 is 0 Å². The number of carbonyl (C=O) groups is 3. The number of nitrogens with one attached hydrogen (secondary N) is 2. The van der Waals surface area contributed by atoms with Crippen molar-refractivity contribution < 1.29 is 37.3 Å². The van der Waals surface area contributed by atoms with Gasteiger partial charge >= 0.3 is 16.3 Å². The van der Waals surface area contributed by atoms with E-state index in [2.05, 4.69) is 31.0 Å². The number of carboxylic acid groups (broad SMARTS) is 1. The molecular weight excluding hydrogens is 601 g/mol. The summed E-state index contributed by atoms with van der Waals surface area (Å²) < 4.78 is 33.6. The zero-order chi connectivity index (χ0) is 28.3. The van der Waals surface area contributed by atoms with Gasteiger partial charge < -0.3 is 21.0 Å². The molecule has 22 heteroatoms. The van der Waals surface area contributed by atoms with Crippen molar-refractivity contribution in [1.82, 2.24) is 40.1 Å². The van der Waals surface area contributed by atoms with Gasteiger partial charge in [0.05, 0.1) is 6.54 Å². The van der Waals surface area contributed by atoms with Crippen LogP contribution in [-0.4, -0.2) is 108 Å². The van der Waals surface area contributed by atoms with Crippen molar-refractivity contribution in [3.8, 4) is 0 Å². The quantitative estimate of drug-likeness (QED) is 0.0564. The summed E-state index contributed by atoms with van der Waals surface area (Å²) in [5.74, 6) is -2.31. The topological polar surface area (TPSA) is 257 Å². The van der Waals surface area contributed by atoms with Crippen LogP contribution < -0.4 is 15.8 Å². The minimum atomic E-state index is -4.38. The van der Waals surface area contributed by atoms with Crippen molar-refractivity contribution in [1.29, 1.82) is 0 Å². The van der Waals surface area contributed by atoms with Gasteiger partial charge in [-0.15, -0.1) is 28.2 Å². The minimum Gasteiger partial charge on any atom is -0.477 e. The number of nitrogen functional groups attached to an aromatic ring is 1. The molecule has 1 saturated heterocycles. The van der Waals surface area contributed by atoms with Gasteiger partial charge in [-0.3, -0.25) is 19.0 Å². The average molecular weight is 621 g/mol. The van der Waals surface area contributed by atoms with E-state index in [0.717, 1.165) is 28.0 Å². The van der Waals surface area contributed by atoms with Gasteiger partial charge in [0, 0.05) is 23.4 Å². The van der Waals surface area contributed by atoms with Crippen LogP contribution in [0.2, 0.25) is 0 Å². The van der Waals surface area contributed by atoms with Gasteiger partial charge in [-0.05, 0) is 16.0 Å². The molecule has 2 aromatic heterocycles. The highest BCUT2D eigenvalue weighted by Gasteiger charge is 2.54. The molecule has 0 aromatic carbocycles. The lowest BCUT2D eigenvalue weighted by Crippen LogP contribution is -2.71. The molecule has 0 spiro atoms. The first kappa shape index (κ1) is 28.7. The Kier molecular flexibility index (Phi) is 8.70. The largest absolute Gasteiger partial charge is 0.477 e. The third kappa shape index (κ3) is 6.47. The van der Waals surface area contributed by atoms with Gasteiger partial charge in [0.25, 0.3) is 11.8 Å². The van der Waals surface area contributed by atoms with Crippen molar-refractivity contribution in [2.75, 3.05) is 30.9 Å². The van der Waals surface area contributed by atoms with E-state index in [9.17, 15) is 27.9 Å². The van der Waals surface area contributed by atoms with E-state index in [1.807, 2.05) is 4.72 Å². The molecule has 2 aliphatic heterocycles. The Hall–Kier alpha value is -3.31. The molecule has 2 atom stereocenters. The van der Waals surface area contributed by atoms with Crippen LogP contribution in [0.1, 0.15) is 5.69 Å². The highest BCUT2D eigenvalue weighted by Crippen LogP contribution is 2.41. The second-order valence-electron chi connectivity index (χ2n) is 7.65. The van der Waals surface area contributed by atoms with E-state index in [-0.39, 0.29) is 52.0 Å². The van der Waals surface area contributed by atoms with Crippen molar-refractivity contribution in [3.63, 3.8) is 0 Å². The van der Waals surface area contributed by atoms with Gasteiger partial charge in [-0.25, -0.2) is 14.5 Å². The smallest absolute Gasteiger partial charge is 0.352 e. The van der Waals surface area contributed by atoms with Crippen molar-refractivity contribution in [2.45, 2.75) is 23.1 Å². The molecule has 2 amide bonds. The maximum absolute atomic E-state index is 13.0. The Labute approximate surface area is 232 Å². The van der Waals surface area contributed by atoms with Crippen LogP contribution >= 0.6 is 34.9 Å². The summed E-state index contributed by atoms with van der Waals surface area (Å²) in [6.45, 7) is -0.176. The molecule has 210 valence electrons. The molecule has 18 nitrogen and oxygen atoms in total. The molecule has 39 heavy (non-hydrogen) atoms. The molecule has 4 heterocycles. The number of amides is 2. The number of carbonyl (C=O) groups excluding carboxylic acids is 2. The first-order chi connectivity index (χ1) is 18.5. The lowest BCUT2D eigenvalue weighted by Gasteiger charge is -2.49.